The van der Waals surface area contributed by atoms with Gasteiger partial charge >= 0.3 is 0 Å². The van der Waals surface area contributed by atoms with Crippen LogP contribution in [0.3, 0.4) is 0 Å². The third kappa shape index (κ3) is 4.95. The SMILES string of the molecule is c1ccc2c(c1)-c1ccccc1C21c2ccccc2-c2ccc(-c3nc(-c4ccc5ccccc5c4)nc(-c4ccc(-c5ccc6ccccc6c5)c5ccccc45)n3)cc21. The van der Waals surface area contributed by atoms with Gasteiger partial charge in [-0.3, -0.25) is 0 Å². The highest BCUT2D eigenvalue weighted by molar-refractivity contribution is 6.05. The van der Waals surface area contributed by atoms with Crippen molar-refractivity contribution in [3.63, 3.8) is 0 Å². The highest BCUT2D eigenvalue weighted by Crippen LogP contribution is 2.63. The van der Waals surface area contributed by atoms with Crippen molar-refractivity contribution in [3.05, 3.63) is 235 Å². The number of benzene rings is 10. The van der Waals surface area contributed by atoms with Crippen molar-refractivity contribution in [1.29, 1.82) is 0 Å². The maximum Gasteiger partial charge on any atom is 0.164 e. The van der Waals surface area contributed by atoms with Crippen molar-refractivity contribution in [2.45, 2.75) is 5.41 Å². The quantitative estimate of drug-likeness (QED) is 0.179. The van der Waals surface area contributed by atoms with Gasteiger partial charge in [-0.15, -0.1) is 0 Å². The zero-order chi connectivity index (χ0) is 40.1. The molecule has 3 nitrogen and oxygen atoms in total. The average molecular weight is 774 g/mol. The predicted octanol–water partition coefficient (Wildman–Crippen LogP) is 14.3. The van der Waals surface area contributed by atoms with Gasteiger partial charge in [-0.2, -0.15) is 0 Å². The highest BCUT2D eigenvalue weighted by Gasteiger charge is 2.51. The Hall–Kier alpha value is -8.01. The summed E-state index contributed by atoms with van der Waals surface area (Å²) in [5, 5.41) is 7.02. The van der Waals surface area contributed by atoms with Crippen molar-refractivity contribution >= 4 is 32.3 Å². The molecule has 0 saturated heterocycles. The smallest absolute Gasteiger partial charge is 0.164 e. The predicted molar refractivity (Wildman–Crippen MR) is 250 cm³/mol. The molecule has 0 fully saturated rings. The molecule has 10 aromatic carbocycles. The summed E-state index contributed by atoms with van der Waals surface area (Å²) < 4.78 is 0. The van der Waals surface area contributed by atoms with E-state index in [4.69, 9.17) is 15.0 Å². The maximum absolute atomic E-state index is 5.41. The van der Waals surface area contributed by atoms with Crippen LogP contribution in [-0.4, -0.2) is 15.0 Å². The van der Waals surface area contributed by atoms with Crippen LogP contribution >= 0.6 is 0 Å². The van der Waals surface area contributed by atoms with E-state index in [9.17, 15) is 0 Å². The van der Waals surface area contributed by atoms with Crippen LogP contribution in [0.4, 0.5) is 0 Å². The first kappa shape index (κ1) is 33.9. The van der Waals surface area contributed by atoms with E-state index in [2.05, 4.69) is 212 Å². The molecule has 13 rings (SSSR count). The summed E-state index contributed by atoms with van der Waals surface area (Å²) >= 11 is 0. The maximum atomic E-state index is 5.41. The molecule has 2 aliphatic rings. The van der Waals surface area contributed by atoms with E-state index in [0.29, 0.717) is 17.5 Å². The Morgan fingerprint density at radius 1 is 0.246 bits per heavy atom. The van der Waals surface area contributed by atoms with E-state index in [-0.39, 0.29) is 0 Å². The second kappa shape index (κ2) is 13.0. The zero-order valence-corrected chi connectivity index (χ0v) is 33.0. The van der Waals surface area contributed by atoms with E-state index >= 15 is 0 Å². The first-order valence-corrected chi connectivity index (χ1v) is 20.9. The lowest BCUT2D eigenvalue weighted by Gasteiger charge is -2.30. The van der Waals surface area contributed by atoms with Gasteiger partial charge in [-0.05, 0) is 112 Å². The van der Waals surface area contributed by atoms with Crippen molar-refractivity contribution in [1.82, 2.24) is 15.0 Å². The fourth-order valence-corrected chi connectivity index (χ4v) is 10.4. The molecule has 1 aromatic heterocycles. The van der Waals surface area contributed by atoms with Crippen molar-refractivity contribution in [2.24, 2.45) is 0 Å². The lowest BCUT2D eigenvalue weighted by molar-refractivity contribution is 0.794. The highest BCUT2D eigenvalue weighted by atomic mass is 15.0. The van der Waals surface area contributed by atoms with Gasteiger partial charge < -0.3 is 0 Å². The molecule has 0 N–H and O–H groups in total. The molecule has 0 unspecified atom stereocenters. The Labute approximate surface area is 353 Å². The summed E-state index contributed by atoms with van der Waals surface area (Å²) in [5.41, 5.74) is 15.0. The van der Waals surface area contributed by atoms with Crippen LogP contribution in [0.25, 0.3) is 99.9 Å². The van der Waals surface area contributed by atoms with E-state index in [1.54, 1.807) is 0 Å². The average Bonchev–Trinajstić information content (AvgIpc) is 3.80. The monoisotopic (exact) mass is 773 g/mol. The standard InChI is InChI=1S/C58H35N3/c1-3-15-38-33-40(27-25-36(38)13-1)43-31-32-50(45-18-6-5-17-44(43)45)57-60-55(41-28-26-37-14-2-4-16-39(37)34-41)59-56(61-57)42-29-30-49-48-21-9-12-24-53(48)58(54(49)35-42)51-22-10-7-19-46(51)47-20-8-11-23-52(47)58/h1-35H. The van der Waals surface area contributed by atoms with Gasteiger partial charge in [-0.1, -0.05) is 188 Å². The molecule has 61 heavy (non-hydrogen) atoms. The summed E-state index contributed by atoms with van der Waals surface area (Å²) in [6.07, 6.45) is 0. The molecule has 2 aliphatic carbocycles. The molecule has 0 saturated carbocycles. The molecule has 1 spiro atoms. The summed E-state index contributed by atoms with van der Waals surface area (Å²) in [4.78, 5) is 16.1. The van der Waals surface area contributed by atoms with E-state index in [0.717, 1.165) is 32.8 Å². The molecule has 0 atom stereocenters. The second-order valence-corrected chi connectivity index (χ2v) is 16.3. The summed E-state index contributed by atoms with van der Waals surface area (Å²) in [5.74, 6) is 1.93. The van der Waals surface area contributed by atoms with Gasteiger partial charge in [-0.25, -0.2) is 15.0 Å². The summed E-state index contributed by atoms with van der Waals surface area (Å²) in [6.45, 7) is 0. The number of hydrogen-bond acceptors (Lipinski definition) is 3. The van der Waals surface area contributed by atoms with Crippen LogP contribution in [0.5, 0.6) is 0 Å². The summed E-state index contributed by atoms with van der Waals surface area (Å²) in [7, 11) is 0. The van der Waals surface area contributed by atoms with Crippen LogP contribution in [0.1, 0.15) is 22.3 Å². The van der Waals surface area contributed by atoms with Crippen LogP contribution in [0.2, 0.25) is 0 Å². The van der Waals surface area contributed by atoms with Crippen molar-refractivity contribution < 1.29 is 0 Å². The first-order valence-electron chi connectivity index (χ1n) is 20.9. The molecule has 1 heterocycles. The number of hydrogen-bond donors (Lipinski definition) is 0. The van der Waals surface area contributed by atoms with Crippen molar-refractivity contribution in [3.8, 4) is 67.5 Å². The largest absolute Gasteiger partial charge is 0.208 e. The minimum absolute atomic E-state index is 0.471. The molecule has 0 amide bonds. The Kier molecular flexibility index (Phi) is 7.22. The Bertz CT molecular complexity index is 3560. The van der Waals surface area contributed by atoms with Gasteiger partial charge in [0, 0.05) is 16.7 Å². The number of nitrogens with zero attached hydrogens (tertiary/aromatic N) is 3. The van der Waals surface area contributed by atoms with E-state index in [1.165, 1.54) is 71.8 Å². The lowest BCUT2D eigenvalue weighted by Crippen LogP contribution is -2.25. The fraction of sp³-hybridized carbons (Fsp3) is 0.0172. The number of rotatable bonds is 4. The third-order valence-corrected chi connectivity index (χ3v) is 13.1. The molecule has 11 aromatic rings. The third-order valence-electron chi connectivity index (χ3n) is 13.1. The van der Waals surface area contributed by atoms with Gasteiger partial charge in [0.25, 0.3) is 0 Å². The lowest BCUT2D eigenvalue weighted by atomic mass is 9.70. The molecule has 0 bridgehead atoms. The van der Waals surface area contributed by atoms with Gasteiger partial charge in [0.1, 0.15) is 0 Å². The Morgan fingerprint density at radius 2 is 0.639 bits per heavy atom. The fourth-order valence-electron chi connectivity index (χ4n) is 10.4. The van der Waals surface area contributed by atoms with Crippen LogP contribution in [-0.2, 0) is 5.41 Å². The van der Waals surface area contributed by atoms with Crippen LogP contribution in [0.15, 0.2) is 212 Å². The number of aromatic nitrogens is 3. The normalized spacial score (nSPS) is 13.0. The van der Waals surface area contributed by atoms with E-state index < -0.39 is 5.41 Å². The Balaban J connectivity index is 1.04. The first-order chi connectivity index (χ1) is 30.2. The molecule has 0 radical (unpaired) electrons. The minimum Gasteiger partial charge on any atom is -0.208 e. The number of fused-ring (bicyclic) bond motifs is 13. The van der Waals surface area contributed by atoms with Crippen molar-refractivity contribution in [2.75, 3.05) is 0 Å². The topological polar surface area (TPSA) is 38.7 Å². The van der Waals surface area contributed by atoms with E-state index in [1.807, 2.05) is 0 Å². The molecule has 0 aliphatic heterocycles. The minimum atomic E-state index is -0.471. The molecular weight excluding hydrogens is 739 g/mol. The Morgan fingerprint density at radius 3 is 1.25 bits per heavy atom. The van der Waals surface area contributed by atoms with Gasteiger partial charge in [0.15, 0.2) is 17.5 Å². The molecule has 3 heteroatoms. The van der Waals surface area contributed by atoms with Gasteiger partial charge in [0.2, 0.25) is 0 Å². The second-order valence-electron chi connectivity index (χ2n) is 16.3. The van der Waals surface area contributed by atoms with Gasteiger partial charge in [0.05, 0.1) is 5.41 Å². The summed E-state index contributed by atoms with van der Waals surface area (Å²) in [6, 6.07) is 76.9. The molecular formula is C58H35N3. The van der Waals surface area contributed by atoms with Crippen LogP contribution in [0, 0.1) is 0 Å². The van der Waals surface area contributed by atoms with Crippen LogP contribution < -0.4 is 0 Å². The molecule has 282 valence electrons. The zero-order valence-electron chi connectivity index (χ0n) is 33.0.